The molecule has 1 spiro atoms. The van der Waals surface area contributed by atoms with Crippen molar-refractivity contribution in [1.29, 1.82) is 0 Å². The molecule has 0 atom stereocenters. The number of hydrogen-bond acceptors (Lipinski definition) is 3. The lowest BCUT2D eigenvalue weighted by molar-refractivity contribution is -0.130. The van der Waals surface area contributed by atoms with Gasteiger partial charge in [0.05, 0.1) is 6.42 Å². The van der Waals surface area contributed by atoms with Crippen LogP contribution in [0, 0.1) is 12.3 Å². The third kappa shape index (κ3) is 2.68. The van der Waals surface area contributed by atoms with E-state index in [-0.39, 0.29) is 5.91 Å². The summed E-state index contributed by atoms with van der Waals surface area (Å²) < 4.78 is 5.49. The van der Waals surface area contributed by atoms with E-state index in [1.807, 2.05) is 24.0 Å². The first-order chi connectivity index (χ1) is 9.17. The number of nitrogens with one attached hydrogen (secondary N) is 1. The van der Waals surface area contributed by atoms with E-state index in [1.54, 1.807) is 0 Å². The van der Waals surface area contributed by atoms with E-state index >= 15 is 0 Å². The highest BCUT2D eigenvalue weighted by atomic mass is 16.3. The Morgan fingerprint density at radius 3 is 2.84 bits per heavy atom. The van der Waals surface area contributed by atoms with Crippen molar-refractivity contribution in [1.82, 2.24) is 10.2 Å². The summed E-state index contributed by atoms with van der Waals surface area (Å²) in [4.78, 5) is 14.3. The topological polar surface area (TPSA) is 45.5 Å². The van der Waals surface area contributed by atoms with E-state index < -0.39 is 0 Å². The second-order valence-corrected chi connectivity index (χ2v) is 6.00. The van der Waals surface area contributed by atoms with Crippen molar-refractivity contribution in [3.63, 3.8) is 0 Å². The molecule has 0 aromatic carbocycles. The van der Waals surface area contributed by atoms with Crippen LogP contribution in [0.4, 0.5) is 0 Å². The number of likely N-dealkylation sites (tertiary alicyclic amines) is 1. The van der Waals surface area contributed by atoms with E-state index in [0.717, 1.165) is 44.1 Å². The zero-order chi connectivity index (χ0) is 13.3. The highest BCUT2D eigenvalue weighted by Gasteiger charge is 2.40. The van der Waals surface area contributed by atoms with Gasteiger partial charge in [0.1, 0.15) is 11.5 Å². The first-order valence-corrected chi connectivity index (χ1v) is 7.21. The fourth-order valence-electron chi connectivity index (χ4n) is 3.35. The Balaban J connectivity index is 1.59. The Labute approximate surface area is 114 Å². The van der Waals surface area contributed by atoms with Gasteiger partial charge >= 0.3 is 0 Å². The number of rotatable bonds is 2. The molecule has 2 saturated heterocycles. The molecule has 2 aliphatic heterocycles. The Morgan fingerprint density at radius 2 is 2.16 bits per heavy atom. The van der Waals surface area contributed by atoms with Crippen molar-refractivity contribution in [3.05, 3.63) is 23.7 Å². The zero-order valence-corrected chi connectivity index (χ0v) is 11.6. The number of furan rings is 1. The van der Waals surface area contributed by atoms with Crippen LogP contribution < -0.4 is 5.32 Å². The van der Waals surface area contributed by atoms with Crippen LogP contribution in [0.3, 0.4) is 0 Å². The lowest BCUT2D eigenvalue weighted by Gasteiger charge is -2.33. The molecule has 0 saturated carbocycles. The quantitative estimate of drug-likeness (QED) is 0.883. The van der Waals surface area contributed by atoms with Crippen LogP contribution in [-0.4, -0.2) is 37.0 Å². The molecule has 4 nitrogen and oxygen atoms in total. The summed E-state index contributed by atoms with van der Waals surface area (Å²) in [5.41, 5.74) is 0.389. The van der Waals surface area contributed by atoms with Crippen LogP contribution in [0.5, 0.6) is 0 Å². The highest BCUT2D eigenvalue weighted by Crippen LogP contribution is 2.38. The van der Waals surface area contributed by atoms with Crippen LogP contribution in [0.1, 0.15) is 30.8 Å². The van der Waals surface area contributed by atoms with E-state index in [4.69, 9.17) is 4.42 Å². The van der Waals surface area contributed by atoms with Gasteiger partial charge in [-0.3, -0.25) is 4.79 Å². The third-order valence-corrected chi connectivity index (χ3v) is 4.58. The molecule has 1 amide bonds. The molecule has 0 unspecified atom stereocenters. The smallest absolute Gasteiger partial charge is 0.230 e. The summed E-state index contributed by atoms with van der Waals surface area (Å²) in [6.07, 6.45) is 3.98. The molecule has 2 fully saturated rings. The standard InChI is InChI=1S/C15H22N2O2/c1-12-2-3-13(19-12)10-14(18)17-9-6-15(11-17)4-7-16-8-5-15/h2-3,16H,4-11H2,1H3. The monoisotopic (exact) mass is 262 g/mol. The van der Waals surface area contributed by atoms with E-state index in [9.17, 15) is 4.79 Å². The van der Waals surface area contributed by atoms with Crippen LogP contribution in [-0.2, 0) is 11.2 Å². The Morgan fingerprint density at radius 1 is 1.37 bits per heavy atom. The molecule has 0 bridgehead atoms. The van der Waals surface area contributed by atoms with Gasteiger partial charge in [-0.05, 0) is 56.8 Å². The van der Waals surface area contributed by atoms with Crippen molar-refractivity contribution in [2.75, 3.05) is 26.2 Å². The van der Waals surface area contributed by atoms with Crippen LogP contribution in [0.15, 0.2) is 16.5 Å². The van der Waals surface area contributed by atoms with E-state index in [1.165, 1.54) is 12.8 Å². The number of carbonyl (C=O) groups excluding carboxylic acids is 1. The van der Waals surface area contributed by atoms with Gasteiger partial charge in [-0.2, -0.15) is 0 Å². The SMILES string of the molecule is Cc1ccc(CC(=O)N2CCC3(CCNCC3)C2)o1. The van der Waals surface area contributed by atoms with E-state index in [0.29, 0.717) is 11.8 Å². The van der Waals surface area contributed by atoms with Crippen LogP contribution >= 0.6 is 0 Å². The molecule has 3 heterocycles. The molecular weight excluding hydrogens is 240 g/mol. The third-order valence-electron chi connectivity index (χ3n) is 4.58. The minimum atomic E-state index is 0.213. The summed E-state index contributed by atoms with van der Waals surface area (Å²) in [6, 6.07) is 3.82. The lowest BCUT2D eigenvalue weighted by Crippen LogP contribution is -2.40. The fraction of sp³-hybridized carbons (Fsp3) is 0.667. The Kier molecular flexibility index (Phi) is 3.35. The molecule has 1 N–H and O–H groups in total. The molecule has 3 rings (SSSR count). The number of amides is 1. The number of aryl methyl sites for hydroxylation is 1. The lowest BCUT2D eigenvalue weighted by atomic mass is 9.78. The summed E-state index contributed by atoms with van der Waals surface area (Å²) in [5, 5.41) is 3.40. The molecule has 0 radical (unpaired) electrons. The van der Waals surface area contributed by atoms with Gasteiger partial charge < -0.3 is 14.6 Å². The normalized spacial score (nSPS) is 22.1. The molecule has 19 heavy (non-hydrogen) atoms. The van der Waals surface area contributed by atoms with Crippen molar-refractivity contribution in [2.45, 2.75) is 32.6 Å². The fourth-order valence-corrected chi connectivity index (χ4v) is 3.35. The number of carbonyl (C=O) groups is 1. The highest BCUT2D eigenvalue weighted by molar-refractivity contribution is 5.78. The first-order valence-electron chi connectivity index (χ1n) is 7.21. The largest absolute Gasteiger partial charge is 0.466 e. The minimum absolute atomic E-state index is 0.213. The average Bonchev–Trinajstić information content (AvgIpc) is 2.98. The van der Waals surface area contributed by atoms with Gasteiger partial charge in [-0.1, -0.05) is 0 Å². The van der Waals surface area contributed by atoms with Gasteiger partial charge in [0.15, 0.2) is 0 Å². The Hall–Kier alpha value is -1.29. The molecule has 0 aliphatic carbocycles. The first kappa shape index (κ1) is 12.7. The van der Waals surface area contributed by atoms with Crippen molar-refractivity contribution in [2.24, 2.45) is 5.41 Å². The molecule has 104 valence electrons. The van der Waals surface area contributed by atoms with Gasteiger partial charge in [-0.25, -0.2) is 0 Å². The van der Waals surface area contributed by atoms with Crippen LogP contribution in [0.2, 0.25) is 0 Å². The van der Waals surface area contributed by atoms with Crippen LogP contribution in [0.25, 0.3) is 0 Å². The van der Waals surface area contributed by atoms with Gasteiger partial charge in [0.25, 0.3) is 0 Å². The predicted octanol–water partition coefficient (Wildman–Crippen LogP) is 1.73. The summed E-state index contributed by atoms with van der Waals surface area (Å²) in [5.74, 6) is 1.87. The van der Waals surface area contributed by atoms with Gasteiger partial charge in [0, 0.05) is 13.1 Å². The van der Waals surface area contributed by atoms with Crippen molar-refractivity contribution >= 4 is 5.91 Å². The van der Waals surface area contributed by atoms with Crippen molar-refractivity contribution in [3.8, 4) is 0 Å². The molecular formula is C15H22N2O2. The second-order valence-electron chi connectivity index (χ2n) is 6.00. The molecule has 1 aromatic rings. The minimum Gasteiger partial charge on any atom is -0.466 e. The summed E-state index contributed by atoms with van der Waals surface area (Å²) in [7, 11) is 0. The van der Waals surface area contributed by atoms with Gasteiger partial charge in [0.2, 0.25) is 5.91 Å². The summed E-state index contributed by atoms with van der Waals surface area (Å²) >= 11 is 0. The molecule has 2 aliphatic rings. The number of piperidine rings is 1. The Bertz CT molecular complexity index is 460. The van der Waals surface area contributed by atoms with Gasteiger partial charge in [-0.15, -0.1) is 0 Å². The average molecular weight is 262 g/mol. The van der Waals surface area contributed by atoms with Crippen molar-refractivity contribution < 1.29 is 9.21 Å². The predicted molar refractivity (Wildman–Crippen MR) is 72.9 cm³/mol. The zero-order valence-electron chi connectivity index (χ0n) is 11.6. The number of hydrogen-bond donors (Lipinski definition) is 1. The maximum atomic E-state index is 12.3. The van der Waals surface area contributed by atoms with E-state index in [2.05, 4.69) is 5.32 Å². The molecule has 1 aromatic heterocycles. The maximum Gasteiger partial charge on any atom is 0.230 e. The molecule has 4 heteroatoms. The maximum absolute atomic E-state index is 12.3. The summed E-state index contributed by atoms with van der Waals surface area (Å²) in [6.45, 7) is 5.96. The number of nitrogens with zero attached hydrogens (tertiary/aromatic N) is 1. The second kappa shape index (κ2) is 5.00.